The highest BCUT2D eigenvalue weighted by molar-refractivity contribution is 5.90. The van der Waals surface area contributed by atoms with Gasteiger partial charge in [-0.05, 0) is 37.3 Å². The van der Waals surface area contributed by atoms with Gasteiger partial charge in [0, 0.05) is 6.42 Å². The number of carbonyl (C=O) groups excluding carboxylic acids is 1. The van der Waals surface area contributed by atoms with Crippen molar-refractivity contribution in [2.75, 3.05) is 13.2 Å². The summed E-state index contributed by atoms with van der Waals surface area (Å²) in [5.41, 5.74) is 1.79. The van der Waals surface area contributed by atoms with Gasteiger partial charge in [0.25, 0.3) is 0 Å². The number of esters is 1. The van der Waals surface area contributed by atoms with Gasteiger partial charge in [-0.2, -0.15) is 0 Å². The van der Waals surface area contributed by atoms with Gasteiger partial charge >= 0.3 is 5.97 Å². The zero-order chi connectivity index (χ0) is 17.2. The summed E-state index contributed by atoms with van der Waals surface area (Å²) in [6.45, 7) is 2.89. The number of oxazole rings is 1. The number of fused-ring (bicyclic) bond motifs is 2. The van der Waals surface area contributed by atoms with Crippen molar-refractivity contribution in [2.24, 2.45) is 0 Å². The molecule has 1 atom stereocenters. The molecule has 0 amide bonds. The highest BCUT2D eigenvalue weighted by atomic mass is 16.6. The first kappa shape index (κ1) is 15.5. The van der Waals surface area contributed by atoms with Crippen LogP contribution >= 0.6 is 0 Å². The molecule has 0 saturated heterocycles. The van der Waals surface area contributed by atoms with E-state index in [4.69, 9.17) is 18.6 Å². The van der Waals surface area contributed by atoms with E-state index in [1.165, 1.54) is 0 Å². The molecule has 0 spiro atoms. The SMILES string of the molecule is CC(OC(=O)c1ccc2c(c1)OCCCO2)c1nc2ccccc2o1. The maximum atomic E-state index is 12.4. The van der Waals surface area contributed by atoms with E-state index in [2.05, 4.69) is 4.98 Å². The molecular formula is C19H17NO5. The van der Waals surface area contributed by atoms with Gasteiger partial charge in [0.2, 0.25) is 5.89 Å². The number of aromatic nitrogens is 1. The zero-order valence-corrected chi connectivity index (χ0v) is 13.7. The molecule has 0 bridgehead atoms. The Morgan fingerprint density at radius 2 is 1.92 bits per heavy atom. The molecule has 0 saturated carbocycles. The summed E-state index contributed by atoms with van der Waals surface area (Å²) in [5, 5.41) is 0. The first-order valence-electron chi connectivity index (χ1n) is 8.17. The Labute approximate surface area is 144 Å². The third kappa shape index (κ3) is 3.15. The molecule has 0 fully saturated rings. The minimum absolute atomic E-state index is 0.365. The fourth-order valence-corrected chi connectivity index (χ4v) is 2.63. The van der Waals surface area contributed by atoms with Crippen LogP contribution in [0, 0.1) is 0 Å². The van der Waals surface area contributed by atoms with E-state index in [0.717, 1.165) is 11.9 Å². The van der Waals surface area contributed by atoms with Gasteiger partial charge in [0.15, 0.2) is 23.2 Å². The average Bonchev–Trinajstić information content (AvgIpc) is 2.92. The van der Waals surface area contributed by atoms with Crippen molar-refractivity contribution in [1.29, 1.82) is 0 Å². The van der Waals surface area contributed by atoms with Crippen molar-refractivity contribution >= 4 is 17.1 Å². The third-order valence-corrected chi connectivity index (χ3v) is 3.93. The van der Waals surface area contributed by atoms with Crippen LogP contribution in [0.4, 0.5) is 0 Å². The first-order chi connectivity index (χ1) is 12.2. The monoisotopic (exact) mass is 339 g/mol. The number of rotatable bonds is 3. The van der Waals surface area contributed by atoms with Crippen molar-refractivity contribution in [1.82, 2.24) is 4.98 Å². The summed E-state index contributed by atoms with van der Waals surface area (Å²) in [6.07, 6.45) is 0.208. The summed E-state index contributed by atoms with van der Waals surface area (Å²) in [4.78, 5) is 16.8. The molecule has 0 N–H and O–H groups in total. The molecule has 4 rings (SSSR count). The van der Waals surface area contributed by atoms with E-state index in [1.807, 2.05) is 24.3 Å². The van der Waals surface area contributed by atoms with E-state index >= 15 is 0 Å². The zero-order valence-electron chi connectivity index (χ0n) is 13.7. The summed E-state index contributed by atoms with van der Waals surface area (Å²) in [7, 11) is 0. The second-order valence-electron chi connectivity index (χ2n) is 5.78. The van der Waals surface area contributed by atoms with Crippen LogP contribution in [0.1, 0.15) is 35.7 Å². The lowest BCUT2D eigenvalue weighted by atomic mass is 10.2. The molecule has 2 aromatic carbocycles. The Kier molecular flexibility index (Phi) is 4.01. The minimum Gasteiger partial charge on any atom is -0.490 e. The van der Waals surface area contributed by atoms with Crippen LogP contribution in [0.25, 0.3) is 11.1 Å². The smallest absolute Gasteiger partial charge is 0.339 e. The van der Waals surface area contributed by atoms with Crippen molar-refractivity contribution < 1.29 is 23.4 Å². The van der Waals surface area contributed by atoms with Gasteiger partial charge in [-0.15, -0.1) is 0 Å². The lowest BCUT2D eigenvalue weighted by Crippen LogP contribution is -2.10. The Balaban J connectivity index is 1.52. The van der Waals surface area contributed by atoms with Gasteiger partial charge in [-0.3, -0.25) is 0 Å². The van der Waals surface area contributed by atoms with Crippen LogP contribution in [0.15, 0.2) is 46.9 Å². The molecule has 1 aliphatic rings. The molecule has 1 aromatic heterocycles. The summed E-state index contributed by atoms with van der Waals surface area (Å²) in [5.74, 6) is 1.09. The maximum Gasteiger partial charge on any atom is 0.339 e. The average molecular weight is 339 g/mol. The van der Waals surface area contributed by atoms with E-state index in [1.54, 1.807) is 25.1 Å². The molecule has 0 radical (unpaired) electrons. The second kappa shape index (κ2) is 6.47. The van der Waals surface area contributed by atoms with Crippen molar-refractivity contribution in [3.05, 3.63) is 53.9 Å². The second-order valence-corrected chi connectivity index (χ2v) is 5.78. The molecule has 3 aromatic rings. The largest absolute Gasteiger partial charge is 0.490 e. The first-order valence-corrected chi connectivity index (χ1v) is 8.17. The molecule has 6 nitrogen and oxygen atoms in total. The van der Waals surface area contributed by atoms with E-state index in [9.17, 15) is 4.79 Å². The Morgan fingerprint density at radius 3 is 2.76 bits per heavy atom. The number of hydrogen-bond donors (Lipinski definition) is 0. The predicted molar refractivity (Wildman–Crippen MR) is 89.9 cm³/mol. The molecular weight excluding hydrogens is 322 g/mol. The van der Waals surface area contributed by atoms with E-state index in [0.29, 0.717) is 41.7 Å². The summed E-state index contributed by atoms with van der Waals surface area (Å²) >= 11 is 0. The Bertz CT molecular complexity index is 884. The van der Waals surface area contributed by atoms with E-state index in [-0.39, 0.29) is 0 Å². The van der Waals surface area contributed by atoms with Crippen LogP contribution in [-0.4, -0.2) is 24.2 Å². The molecule has 2 heterocycles. The van der Waals surface area contributed by atoms with Crippen molar-refractivity contribution in [3.8, 4) is 11.5 Å². The highest BCUT2D eigenvalue weighted by Crippen LogP contribution is 2.31. The van der Waals surface area contributed by atoms with Crippen LogP contribution in [0.3, 0.4) is 0 Å². The Hall–Kier alpha value is -3.02. The molecule has 25 heavy (non-hydrogen) atoms. The third-order valence-electron chi connectivity index (χ3n) is 3.93. The van der Waals surface area contributed by atoms with Gasteiger partial charge < -0.3 is 18.6 Å². The number of carbonyl (C=O) groups is 1. The van der Waals surface area contributed by atoms with Gasteiger partial charge in [-0.1, -0.05) is 12.1 Å². The summed E-state index contributed by atoms with van der Waals surface area (Å²) < 4.78 is 22.3. The predicted octanol–water partition coefficient (Wildman–Crippen LogP) is 3.91. The normalized spacial score (nSPS) is 14.8. The van der Waals surface area contributed by atoms with Crippen molar-refractivity contribution in [3.63, 3.8) is 0 Å². The number of para-hydroxylation sites is 2. The number of ether oxygens (including phenoxy) is 3. The topological polar surface area (TPSA) is 70.8 Å². The van der Waals surface area contributed by atoms with Gasteiger partial charge in [0.1, 0.15) is 5.52 Å². The number of benzene rings is 2. The number of hydrogen-bond acceptors (Lipinski definition) is 6. The fourth-order valence-electron chi connectivity index (χ4n) is 2.63. The lowest BCUT2D eigenvalue weighted by molar-refractivity contribution is 0.0282. The highest BCUT2D eigenvalue weighted by Gasteiger charge is 2.20. The molecule has 1 aliphatic heterocycles. The standard InChI is InChI=1S/C19H17NO5/c1-12(18-20-14-5-2-3-6-15(14)25-18)24-19(21)13-7-8-16-17(11-13)23-10-4-9-22-16/h2-3,5-8,11-12H,4,9-10H2,1H3. The molecule has 1 unspecified atom stereocenters. The van der Waals surface area contributed by atoms with Gasteiger partial charge in [-0.25, -0.2) is 9.78 Å². The van der Waals surface area contributed by atoms with Crippen LogP contribution < -0.4 is 9.47 Å². The fraction of sp³-hybridized carbons (Fsp3) is 0.263. The van der Waals surface area contributed by atoms with Gasteiger partial charge in [0.05, 0.1) is 18.8 Å². The van der Waals surface area contributed by atoms with Crippen molar-refractivity contribution in [2.45, 2.75) is 19.4 Å². The minimum atomic E-state index is -0.601. The quantitative estimate of drug-likeness (QED) is 0.674. The molecule has 6 heteroatoms. The molecule has 0 aliphatic carbocycles. The summed E-state index contributed by atoms with van der Waals surface area (Å²) in [6, 6.07) is 12.4. The lowest BCUT2D eigenvalue weighted by Gasteiger charge is -2.12. The van der Waals surface area contributed by atoms with Crippen LogP contribution in [0.2, 0.25) is 0 Å². The van der Waals surface area contributed by atoms with Crippen LogP contribution in [-0.2, 0) is 4.74 Å². The van der Waals surface area contributed by atoms with E-state index < -0.39 is 12.1 Å². The maximum absolute atomic E-state index is 12.4. The number of nitrogens with zero attached hydrogens (tertiary/aromatic N) is 1. The molecule has 128 valence electrons. The Morgan fingerprint density at radius 1 is 1.12 bits per heavy atom. The van der Waals surface area contributed by atoms with Crippen LogP contribution in [0.5, 0.6) is 11.5 Å².